The van der Waals surface area contributed by atoms with Gasteiger partial charge in [-0.25, -0.2) is 18.0 Å². The van der Waals surface area contributed by atoms with E-state index in [0.29, 0.717) is 19.4 Å². The Morgan fingerprint density at radius 3 is 2.44 bits per heavy atom. The summed E-state index contributed by atoms with van der Waals surface area (Å²) in [4.78, 5) is 25.3. The second kappa shape index (κ2) is 8.22. The largest absolute Gasteiger partial charge is 0.449 e. The van der Waals surface area contributed by atoms with Crippen molar-refractivity contribution in [2.45, 2.75) is 32.7 Å². The number of nitrogens with one attached hydrogen (secondary N) is 1. The molecule has 8 heteroatoms. The van der Waals surface area contributed by atoms with E-state index in [0.717, 1.165) is 12.1 Å². The first-order valence-corrected chi connectivity index (χ1v) is 8.15. The van der Waals surface area contributed by atoms with E-state index in [-0.39, 0.29) is 25.0 Å². The molecule has 2 rings (SSSR count). The number of alkyl carbamates (subject to hydrolysis) is 1. The summed E-state index contributed by atoms with van der Waals surface area (Å²) in [6, 6.07) is 1.51. The van der Waals surface area contributed by atoms with Crippen LogP contribution in [0.3, 0.4) is 0 Å². The van der Waals surface area contributed by atoms with Gasteiger partial charge in [-0.3, -0.25) is 4.79 Å². The second-order valence-electron chi connectivity index (χ2n) is 6.43. The van der Waals surface area contributed by atoms with Gasteiger partial charge in [0.2, 0.25) is 0 Å². The van der Waals surface area contributed by atoms with Gasteiger partial charge in [-0.2, -0.15) is 0 Å². The number of hydrogen-bond acceptors (Lipinski definition) is 3. The zero-order valence-corrected chi connectivity index (χ0v) is 14.2. The first kappa shape index (κ1) is 19.1. The van der Waals surface area contributed by atoms with Gasteiger partial charge in [-0.1, -0.05) is 13.8 Å². The Balaban J connectivity index is 1.88. The van der Waals surface area contributed by atoms with Crippen LogP contribution in [0.15, 0.2) is 12.1 Å². The topological polar surface area (TPSA) is 58.6 Å². The van der Waals surface area contributed by atoms with Crippen molar-refractivity contribution in [3.63, 3.8) is 0 Å². The molecule has 0 radical (unpaired) electrons. The van der Waals surface area contributed by atoms with E-state index in [1.807, 2.05) is 13.8 Å². The number of carbonyl (C=O) groups excluding carboxylic acids is 2. The Labute approximate surface area is 144 Å². The summed E-state index contributed by atoms with van der Waals surface area (Å²) in [6.07, 6.45) is 0.423. The molecule has 0 saturated carbocycles. The SMILES string of the molecule is CC(C)COC(=O)NC1CCN(C(=O)c2ccc(F)c(F)c2F)CC1. The number of likely N-dealkylation sites (tertiary alicyclic amines) is 1. The van der Waals surface area contributed by atoms with Crippen molar-refractivity contribution in [1.29, 1.82) is 0 Å². The number of rotatable bonds is 4. The Hall–Kier alpha value is -2.25. The van der Waals surface area contributed by atoms with Crippen molar-refractivity contribution in [2.24, 2.45) is 5.92 Å². The lowest BCUT2D eigenvalue weighted by molar-refractivity contribution is 0.0694. The predicted octanol–water partition coefficient (Wildman–Crippen LogP) is 3.09. The summed E-state index contributed by atoms with van der Waals surface area (Å²) in [6.45, 7) is 4.71. The third-order valence-corrected chi connectivity index (χ3v) is 3.92. The molecule has 2 amide bonds. The summed E-state index contributed by atoms with van der Waals surface area (Å²) < 4.78 is 45.0. The molecule has 0 atom stereocenters. The number of hydrogen-bond donors (Lipinski definition) is 1. The molecule has 0 unspecified atom stereocenters. The maximum absolute atomic E-state index is 13.7. The summed E-state index contributed by atoms with van der Waals surface area (Å²) in [5.41, 5.74) is -0.498. The number of amides is 2. The fourth-order valence-corrected chi connectivity index (χ4v) is 2.54. The second-order valence-corrected chi connectivity index (χ2v) is 6.43. The van der Waals surface area contributed by atoms with E-state index >= 15 is 0 Å². The molecular formula is C17H21F3N2O3. The standard InChI is InChI=1S/C17H21F3N2O3/c1-10(2)9-25-17(24)21-11-5-7-22(8-6-11)16(23)12-3-4-13(18)15(20)14(12)19/h3-4,10-11H,5-9H2,1-2H3,(H,21,24). The monoisotopic (exact) mass is 358 g/mol. The lowest BCUT2D eigenvalue weighted by Crippen LogP contribution is -2.47. The Morgan fingerprint density at radius 1 is 1.20 bits per heavy atom. The van der Waals surface area contributed by atoms with Gasteiger partial charge in [-0.05, 0) is 30.9 Å². The first-order chi connectivity index (χ1) is 11.8. The van der Waals surface area contributed by atoms with E-state index in [2.05, 4.69) is 5.32 Å². The molecule has 1 N–H and O–H groups in total. The molecule has 1 aromatic rings. The van der Waals surface area contributed by atoms with Crippen LogP contribution in [0.1, 0.15) is 37.0 Å². The highest BCUT2D eigenvalue weighted by Gasteiger charge is 2.28. The van der Waals surface area contributed by atoms with E-state index in [9.17, 15) is 22.8 Å². The van der Waals surface area contributed by atoms with E-state index in [1.54, 1.807) is 0 Å². The number of nitrogens with zero attached hydrogens (tertiary/aromatic N) is 1. The molecule has 1 fully saturated rings. The molecule has 0 aliphatic carbocycles. The van der Waals surface area contributed by atoms with Crippen molar-refractivity contribution in [1.82, 2.24) is 10.2 Å². The van der Waals surface area contributed by atoms with Crippen LogP contribution in [0.4, 0.5) is 18.0 Å². The maximum Gasteiger partial charge on any atom is 0.407 e. The van der Waals surface area contributed by atoms with Crippen LogP contribution in [-0.2, 0) is 4.74 Å². The highest BCUT2D eigenvalue weighted by atomic mass is 19.2. The molecular weight excluding hydrogens is 337 g/mol. The fourth-order valence-electron chi connectivity index (χ4n) is 2.54. The minimum absolute atomic E-state index is 0.154. The van der Waals surface area contributed by atoms with Crippen LogP contribution in [0, 0.1) is 23.4 Å². The summed E-state index contributed by atoms with van der Waals surface area (Å²) in [5, 5.41) is 2.72. The zero-order chi connectivity index (χ0) is 18.6. The van der Waals surface area contributed by atoms with Gasteiger partial charge in [0, 0.05) is 19.1 Å². The molecule has 0 spiro atoms. The fraction of sp³-hybridized carbons (Fsp3) is 0.529. The number of benzene rings is 1. The van der Waals surface area contributed by atoms with Crippen LogP contribution in [0.2, 0.25) is 0 Å². The highest BCUT2D eigenvalue weighted by molar-refractivity contribution is 5.94. The van der Waals surface area contributed by atoms with Crippen molar-refractivity contribution >= 4 is 12.0 Å². The van der Waals surface area contributed by atoms with Gasteiger partial charge < -0.3 is 15.0 Å². The zero-order valence-electron chi connectivity index (χ0n) is 14.2. The molecule has 0 bridgehead atoms. The van der Waals surface area contributed by atoms with Crippen LogP contribution in [0.5, 0.6) is 0 Å². The van der Waals surface area contributed by atoms with Gasteiger partial charge >= 0.3 is 6.09 Å². The van der Waals surface area contributed by atoms with Gasteiger partial charge in [0.25, 0.3) is 5.91 Å². The van der Waals surface area contributed by atoms with Crippen LogP contribution >= 0.6 is 0 Å². The maximum atomic E-state index is 13.7. The van der Waals surface area contributed by atoms with E-state index in [4.69, 9.17) is 4.74 Å². The minimum atomic E-state index is -1.66. The van der Waals surface area contributed by atoms with Gasteiger partial charge in [0.15, 0.2) is 17.5 Å². The smallest absolute Gasteiger partial charge is 0.407 e. The lowest BCUT2D eigenvalue weighted by atomic mass is 10.0. The van der Waals surface area contributed by atoms with Crippen molar-refractivity contribution < 1.29 is 27.5 Å². The predicted molar refractivity (Wildman–Crippen MR) is 84.6 cm³/mol. The third kappa shape index (κ3) is 4.87. The number of ether oxygens (including phenoxy) is 1. The molecule has 1 aliphatic rings. The van der Waals surface area contributed by atoms with Crippen molar-refractivity contribution in [3.05, 3.63) is 35.1 Å². The summed E-state index contributed by atoms with van der Waals surface area (Å²) in [5.74, 6) is -4.94. The van der Waals surface area contributed by atoms with Crippen molar-refractivity contribution in [3.8, 4) is 0 Å². The number of halogens is 3. The van der Waals surface area contributed by atoms with Gasteiger partial charge in [0.1, 0.15) is 0 Å². The normalized spacial score (nSPS) is 15.4. The van der Waals surface area contributed by atoms with Crippen molar-refractivity contribution in [2.75, 3.05) is 19.7 Å². The molecule has 138 valence electrons. The Bertz CT molecular complexity index is 644. The lowest BCUT2D eigenvalue weighted by Gasteiger charge is -2.32. The van der Waals surface area contributed by atoms with Crippen LogP contribution < -0.4 is 5.32 Å². The molecule has 25 heavy (non-hydrogen) atoms. The number of carbonyl (C=O) groups is 2. The Morgan fingerprint density at radius 2 is 1.84 bits per heavy atom. The molecule has 1 aromatic carbocycles. The molecule has 0 aromatic heterocycles. The number of piperidine rings is 1. The van der Waals surface area contributed by atoms with Crippen LogP contribution in [0.25, 0.3) is 0 Å². The molecule has 5 nitrogen and oxygen atoms in total. The highest BCUT2D eigenvalue weighted by Crippen LogP contribution is 2.19. The summed E-state index contributed by atoms with van der Waals surface area (Å²) in [7, 11) is 0. The Kier molecular flexibility index (Phi) is 6.27. The quantitative estimate of drug-likeness (QED) is 0.842. The first-order valence-electron chi connectivity index (χ1n) is 8.15. The summed E-state index contributed by atoms with van der Waals surface area (Å²) >= 11 is 0. The molecule has 1 saturated heterocycles. The van der Waals surface area contributed by atoms with Gasteiger partial charge in [-0.15, -0.1) is 0 Å². The molecule has 1 aliphatic heterocycles. The average molecular weight is 358 g/mol. The average Bonchev–Trinajstić information content (AvgIpc) is 2.58. The minimum Gasteiger partial charge on any atom is -0.449 e. The third-order valence-electron chi connectivity index (χ3n) is 3.92. The molecule has 1 heterocycles. The van der Waals surface area contributed by atoms with Crippen LogP contribution in [-0.4, -0.2) is 42.6 Å². The van der Waals surface area contributed by atoms with E-state index < -0.39 is 35.0 Å². The van der Waals surface area contributed by atoms with Gasteiger partial charge in [0.05, 0.1) is 12.2 Å². The van der Waals surface area contributed by atoms with E-state index in [1.165, 1.54) is 4.90 Å².